The smallest absolute Gasteiger partial charge is 0.0625 e. The Morgan fingerprint density at radius 3 is 2.55 bits per heavy atom. The van der Waals surface area contributed by atoms with Gasteiger partial charge in [-0.2, -0.15) is 0 Å². The van der Waals surface area contributed by atoms with Crippen molar-refractivity contribution in [1.29, 1.82) is 0 Å². The lowest BCUT2D eigenvalue weighted by Crippen LogP contribution is -1.77. The van der Waals surface area contributed by atoms with E-state index in [1.165, 1.54) is 0 Å². The summed E-state index contributed by atoms with van der Waals surface area (Å²) in [5.41, 5.74) is 1.15. The molecular formula is C9H9IO. The molecule has 11 heavy (non-hydrogen) atoms. The molecular weight excluding hydrogens is 251 g/mol. The van der Waals surface area contributed by atoms with E-state index in [-0.39, 0.29) is 6.61 Å². The lowest BCUT2D eigenvalue weighted by molar-refractivity contribution is 0.343. The van der Waals surface area contributed by atoms with Crippen LogP contribution in [0.15, 0.2) is 36.4 Å². The van der Waals surface area contributed by atoms with Crippen LogP contribution in [0.1, 0.15) is 5.56 Å². The Morgan fingerprint density at radius 2 is 2.00 bits per heavy atom. The summed E-state index contributed by atoms with van der Waals surface area (Å²) in [6.07, 6.45) is 1.79. The van der Waals surface area contributed by atoms with Crippen molar-refractivity contribution < 1.29 is 5.11 Å². The Kier molecular flexibility index (Phi) is 3.59. The molecule has 0 fully saturated rings. The van der Waals surface area contributed by atoms with E-state index in [0.717, 1.165) is 9.14 Å². The van der Waals surface area contributed by atoms with Crippen molar-refractivity contribution in [2.45, 2.75) is 0 Å². The molecule has 2 heteroatoms. The Labute approximate surface area is 79.9 Å². The zero-order valence-corrected chi connectivity index (χ0v) is 8.15. The third kappa shape index (κ3) is 2.63. The van der Waals surface area contributed by atoms with Crippen LogP contribution in [0.5, 0.6) is 0 Å². The lowest BCUT2D eigenvalue weighted by atomic mass is 10.2. The van der Waals surface area contributed by atoms with Gasteiger partial charge in [-0.3, -0.25) is 0 Å². The van der Waals surface area contributed by atoms with Crippen molar-refractivity contribution in [3.63, 3.8) is 0 Å². The summed E-state index contributed by atoms with van der Waals surface area (Å²) < 4.78 is 1.09. The maximum atomic E-state index is 8.62. The number of rotatable bonds is 2. The SMILES string of the molecule is OC/C=C(/I)c1ccccc1. The van der Waals surface area contributed by atoms with Crippen molar-refractivity contribution in [2.24, 2.45) is 0 Å². The minimum absolute atomic E-state index is 0.104. The molecule has 0 atom stereocenters. The first-order chi connectivity index (χ1) is 5.34. The predicted molar refractivity (Wildman–Crippen MR) is 55.5 cm³/mol. The lowest BCUT2D eigenvalue weighted by Gasteiger charge is -1.96. The highest BCUT2D eigenvalue weighted by atomic mass is 127. The van der Waals surface area contributed by atoms with Gasteiger partial charge in [0.25, 0.3) is 0 Å². The van der Waals surface area contributed by atoms with E-state index in [2.05, 4.69) is 22.6 Å². The van der Waals surface area contributed by atoms with Crippen LogP contribution in [-0.4, -0.2) is 11.7 Å². The molecule has 0 saturated carbocycles. The average Bonchev–Trinajstić information content (AvgIpc) is 2.07. The summed E-state index contributed by atoms with van der Waals surface area (Å²) >= 11 is 2.21. The number of benzene rings is 1. The van der Waals surface area contributed by atoms with Gasteiger partial charge in [-0.25, -0.2) is 0 Å². The quantitative estimate of drug-likeness (QED) is 0.810. The highest BCUT2D eigenvalue weighted by molar-refractivity contribution is 14.1. The van der Waals surface area contributed by atoms with E-state index in [0.29, 0.717) is 0 Å². The summed E-state index contributed by atoms with van der Waals surface area (Å²) in [6.45, 7) is 0.104. The molecule has 1 N–H and O–H groups in total. The number of aliphatic hydroxyl groups is 1. The van der Waals surface area contributed by atoms with Crippen molar-refractivity contribution in [1.82, 2.24) is 0 Å². The Morgan fingerprint density at radius 1 is 1.36 bits per heavy atom. The Bertz CT molecular complexity index is 241. The zero-order chi connectivity index (χ0) is 8.10. The second-order valence-electron chi connectivity index (χ2n) is 2.10. The molecule has 0 aliphatic heterocycles. The van der Waals surface area contributed by atoms with Crippen LogP contribution in [-0.2, 0) is 0 Å². The number of aliphatic hydroxyl groups excluding tert-OH is 1. The third-order valence-corrected chi connectivity index (χ3v) is 2.38. The molecule has 0 spiro atoms. The van der Waals surface area contributed by atoms with Gasteiger partial charge in [-0.15, -0.1) is 0 Å². The molecule has 0 amide bonds. The van der Waals surface area contributed by atoms with E-state index in [9.17, 15) is 0 Å². The summed E-state index contributed by atoms with van der Waals surface area (Å²) in [4.78, 5) is 0. The molecule has 0 bridgehead atoms. The first-order valence-corrected chi connectivity index (χ1v) is 4.44. The molecule has 1 aromatic carbocycles. The van der Waals surface area contributed by atoms with Gasteiger partial charge in [0.05, 0.1) is 6.61 Å². The Hall–Kier alpha value is -0.350. The first-order valence-electron chi connectivity index (χ1n) is 3.36. The van der Waals surface area contributed by atoms with Crippen LogP contribution in [0.3, 0.4) is 0 Å². The molecule has 58 valence electrons. The fourth-order valence-electron chi connectivity index (χ4n) is 0.795. The van der Waals surface area contributed by atoms with Crippen molar-refractivity contribution in [3.05, 3.63) is 42.0 Å². The second-order valence-corrected chi connectivity index (χ2v) is 3.26. The van der Waals surface area contributed by atoms with Crippen LogP contribution >= 0.6 is 22.6 Å². The van der Waals surface area contributed by atoms with E-state index in [1.54, 1.807) is 6.08 Å². The standard InChI is InChI=1S/C9H9IO/c10-9(6-7-11)8-4-2-1-3-5-8/h1-6,11H,7H2/b9-6+. The summed E-state index contributed by atoms with van der Waals surface area (Å²) in [5.74, 6) is 0. The average molecular weight is 260 g/mol. The predicted octanol–water partition coefficient (Wildman–Crippen LogP) is 2.45. The van der Waals surface area contributed by atoms with Crippen LogP contribution in [0.25, 0.3) is 3.58 Å². The molecule has 0 aliphatic rings. The van der Waals surface area contributed by atoms with Gasteiger partial charge in [-0.05, 0) is 34.2 Å². The van der Waals surface area contributed by atoms with E-state index < -0.39 is 0 Å². The molecule has 1 aromatic rings. The summed E-state index contributed by atoms with van der Waals surface area (Å²) in [5, 5.41) is 8.62. The molecule has 0 aliphatic carbocycles. The van der Waals surface area contributed by atoms with E-state index >= 15 is 0 Å². The van der Waals surface area contributed by atoms with Crippen molar-refractivity contribution >= 4 is 26.2 Å². The summed E-state index contributed by atoms with van der Waals surface area (Å²) in [6, 6.07) is 9.99. The topological polar surface area (TPSA) is 20.2 Å². The van der Waals surface area contributed by atoms with Crippen molar-refractivity contribution in [3.8, 4) is 0 Å². The van der Waals surface area contributed by atoms with Crippen LogP contribution < -0.4 is 0 Å². The van der Waals surface area contributed by atoms with Crippen LogP contribution in [0.4, 0.5) is 0 Å². The monoisotopic (exact) mass is 260 g/mol. The fraction of sp³-hybridized carbons (Fsp3) is 0.111. The summed E-state index contributed by atoms with van der Waals surface area (Å²) in [7, 11) is 0. The minimum atomic E-state index is 0.104. The highest BCUT2D eigenvalue weighted by Crippen LogP contribution is 2.20. The number of hydrogen-bond donors (Lipinski definition) is 1. The minimum Gasteiger partial charge on any atom is -0.392 e. The fourth-order valence-corrected chi connectivity index (χ4v) is 1.35. The maximum Gasteiger partial charge on any atom is 0.0625 e. The van der Waals surface area contributed by atoms with Gasteiger partial charge in [0.15, 0.2) is 0 Å². The van der Waals surface area contributed by atoms with E-state index in [1.807, 2.05) is 30.3 Å². The van der Waals surface area contributed by atoms with Gasteiger partial charge < -0.3 is 5.11 Å². The molecule has 0 unspecified atom stereocenters. The molecule has 1 rings (SSSR count). The maximum absolute atomic E-state index is 8.62. The first kappa shape index (κ1) is 8.74. The second kappa shape index (κ2) is 4.51. The van der Waals surface area contributed by atoms with Gasteiger partial charge in [-0.1, -0.05) is 30.3 Å². The normalized spacial score (nSPS) is 11.6. The van der Waals surface area contributed by atoms with Crippen LogP contribution in [0.2, 0.25) is 0 Å². The Balaban J connectivity index is 2.85. The number of hydrogen-bond acceptors (Lipinski definition) is 1. The molecule has 0 aromatic heterocycles. The van der Waals surface area contributed by atoms with Crippen LogP contribution in [0, 0.1) is 0 Å². The third-order valence-electron chi connectivity index (χ3n) is 1.32. The highest BCUT2D eigenvalue weighted by Gasteiger charge is 1.92. The van der Waals surface area contributed by atoms with E-state index in [4.69, 9.17) is 5.11 Å². The van der Waals surface area contributed by atoms with Gasteiger partial charge in [0, 0.05) is 3.58 Å². The largest absolute Gasteiger partial charge is 0.392 e. The van der Waals surface area contributed by atoms with Gasteiger partial charge in [0.1, 0.15) is 0 Å². The molecule has 0 saturated heterocycles. The van der Waals surface area contributed by atoms with Gasteiger partial charge in [0.2, 0.25) is 0 Å². The van der Waals surface area contributed by atoms with Crippen molar-refractivity contribution in [2.75, 3.05) is 6.61 Å². The zero-order valence-electron chi connectivity index (χ0n) is 6.00. The number of halogens is 1. The van der Waals surface area contributed by atoms with Gasteiger partial charge >= 0.3 is 0 Å². The molecule has 0 heterocycles. The molecule has 1 nitrogen and oxygen atoms in total. The molecule has 0 radical (unpaired) electrons.